The lowest BCUT2D eigenvalue weighted by atomic mass is 9.76. The predicted molar refractivity (Wildman–Crippen MR) is 99.5 cm³/mol. The number of imide groups is 1. The Kier molecular flexibility index (Phi) is 4.26. The molecule has 1 aromatic carbocycles. The van der Waals surface area contributed by atoms with E-state index in [0.29, 0.717) is 18.5 Å². The maximum atomic E-state index is 13.4. The molecule has 28 heavy (non-hydrogen) atoms. The first-order valence-electron chi connectivity index (χ1n) is 9.75. The Hall–Kier alpha value is -2.74. The lowest BCUT2D eigenvalue weighted by Crippen LogP contribution is -2.99. The second kappa shape index (κ2) is 6.41. The molecular formula is C20H25N4O4+. The van der Waals surface area contributed by atoms with Gasteiger partial charge in [0.2, 0.25) is 23.3 Å². The van der Waals surface area contributed by atoms with Crippen LogP contribution in [0.25, 0.3) is 0 Å². The van der Waals surface area contributed by atoms with Gasteiger partial charge >= 0.3 is 0 Å². The Bertz CT molecular complexity index is 885. The van der Waals surface area contributed by atoms with Crippen molar-refractivity contribution in [2.75, 3.05) is 5.32 Å². The van der Waals surface area contributed by atoms with Gasteiger partial charge < -0.3 is 16.4 Å². The standard InChI is InChI=1S/C20H24N4O4/c1-3-10(2)24-17(26)15-13(8-9-14(21)25)23-20(16(15)18(24)27)11-6-4-5-7-12(11)22-19(20)28/h4-7,10,13,15-16,23H,3,8-9H2,1-2H3,(H2,21,25)(H,22,28)/p+1/t10-,13+,15+,16-,20+/m0/s1. The van der Waals surface area contributed by atoms with Crippen molar-refractivity contribution in [2.45, 2.75) is 50.7 Å². The lowest BCUT2D eigenvalue weighted by molar-refractivity contribution is -0.734. The molecule has 4 rings (SSSR count). The summed E-state index contributed by atoms with van der Waals surface area (Å²) in [6.07, 6.45) is 1.10. The van der Waals surface area contributed by atoms with E-state index in [-0.39, 0.29) is 36.2 Å². The minimum absolute atomic E-state index is 0.106. The number of benzene rings is 1. The van der Waals surface area contributed by atoms with E-state index >= 15 is 0 Å². The Labute approximate surface area is 162 Å². The first-order valence-corrected chi connectivity index (χ1v) is 9.75. The number of nitrogens with zero attached hydrogens (tertiary/aromatic N) is 1. The number of primary amides is 1. The Morgan fingerprint density at radius 1 is 1.29 bits per heavy atom. The van der Waals surface area contributed by atoms with Gasteiger partial charge in [0.15, 0.2) is 0 Å². The summed E-state index contributed by atoms with van der Waals surface area (Å²) in [5.74, 6) is -2.71. The number of anilines is 1. The number of rotatable bonds is 5. The van der Waals surface area contributed by atoms with Gasteiger partial charge in [-0.2, -0.15) is 0 Å². The van der Waals surface area contributed by atoms with E-state index in [1.807, 2.05) is 37.4 Å². The van der Waals surface area contributed by atoms with E-state index in [0.717, 1.165) is 5.56 Å². The third kappa shape index (κ3) is 2.33. The van der Waals surface area contributed by atoms with Gasteiger partial charge in [0.1, 0.15) is 17.9 Å². The zero-order chi connectivity index (χ0) is 20.2. The monoisotopic (exact) mass is 385 g/mol. The van der Waals surface area contributed by atoms with Crippen molar-refractivity contribution in [2.24, 2.45) is 17.6 Å². The number of hydrogen-bond acceptors (Lipinski definition) is 4. The molecule has 3 aliphatic heterocycles. The highest BCUT2D eigenvalue weighted by Gasteiger charge is 2.74. The van der Waals surface area contributed by atoms with Crippen LogP contribution in [0.4, 0.5) is 5.69 Å². The number of hydrogen-bond donors (Lipinski definition) is 3. The molecule has 0 aromatic heterocycles. The molecule has 5 atom stereocenters. The third-order valence-corrected chi connectivity index (χ3v) is 6.57. The SMILES string of the molecule is CC[C@H](C)N1C(=O)[C@H]2[C@@H](C1=O)[C@@]1([NH2+][C@@H]2CCC(N)=O)C(=O)Nc2ccccc21. The van der Waals surface area contributed by atoms with Gasteiger partial charge in [-0.1, -0.05) is 25.1 Å². The molecule has 1 aromatic rings. The number of nitrogens with one attached hydrogen (secondary N) is 1. The summed E-state index contributed by atoms with van der Waals surface area (Å²) in [4.78, 5) is 52.5. The molecule has 5 N–H and O–H groups in total. The Morgan fingerprint density at radius 3 is 2.68 bits per heavy atom. The summed E-state index contributed by atoms with van der Waals surface area (Å²) in [5, 5.41) is 4.71. The molecule has 8 heteroatoms. The van der Waals surface area contributed by atoms with Gasteiger partial charge in [-0.15, -0.1) is 0 Å². The van der Waals surface area contributed by atoms with Crippen molar-refractivity contribution in [3.05, 3.63) is 29.8 Å². The van der Waals surface area contributed by atoms with E-state index in [9.17, 15) is 19.2 Å². The average Bonchev–Trinajstić information content (AvgIpc) is 3.24. The number of likely N-dealkylation sites (tertiary alicyclic amines) is 1. The first-order chi connectivity index (χ1) is 13.3. The summed E-state index contributed by atoms with van der Waals surface area (Å²) in [5.41, 5.74) is 5.53. The molecule has 8 nitrogen and oxygen atoms in total. The number of quaternary nitrogens is 1. The predicted octanol–water partition coefficient (Wildman–Crippen LogP) is -0.555. The van der Waals surface area contributed by atoms with Gasteiger partial charge in [0.05, 0.1) is 5.69 Å². The second-order valence-corrected chi connectivity index (χ2v) is 8.01. The topological polar surface area (TPSA) is 126 Å². The summed E-state index contributed by atoms with van der Waals surface area (Å²) in [6.45, 7) is 3.76. The zero-order valence-corrected chi connectivity index (χ0v) is 16.0. The van der Waals surface area contributed by atoms with E-state index in [2.05, 4.69) is 5.32 Å². The number of amides is 4. The number of nitrogens with two attached hydrogens (primary N) is 2. The van der Waals surface area contributed by atoms with Gasteiger partial charge in [-0.05, 0) is 19.4 Å². The van der Waals surface area contributed by atoms with Crippen LogP contribution in [0.15, 0.2) is 24.3 Å². The first kappa shape index (κ1) is 18.6. The normalized spacial score (nSPS) is 31.9. The maximum absolute atomic E-state index is 13.4. The van der Waals surface area contributed by atoms with Crippen LogP contribution < -0.4 is 16.4 Å². The summed E-state index contributed by atoms with van der Waals surface area (Å²) in [6, 6.07) is 6.69. The van der Waals surface area contributed by atoms with Crippen LogP contribution in [0.5, 0.6) is 0 Å². The van der Waals surface area contributed by atoms with Gasteiger partial charge in [-0.3, -0.25) is 24.1 Å². The van der Waals surface area contributed by atoms with Crippen molar-refractivity contribution in [3.8, 4) is 0 Å². The highest BCUT2D eigenvalue weighted by Crippen LogP contribution is 2.49. The van der Waals surface area contributed by atoms with Crippen LogP contribution in [0, 0.1) is 11.8 Å². The molecule has 0 saturated carbocycles. The van der Waals surface area contributed by atoms with Crippen molar-refractivity contribution >= 4 is 29.3 Å². The van der Waals surface area contributed by atoms with Gasteiger partial charge in [0, 0.05) is 24.4 Å². The smallest absolute Gasteiger partial charge is 0.291 e. The van der Waals surface area contributed by atoms with Crippen LogP contribution in [-0.2, 0) is 24.7 Å². The molecule has 2 fully saturated rings. The van der Waals surface area contributed by atoms with Crippen LogP contribution >= 0.6 is 0 Å². The third-order valence-electron chi connectivity index (χ3n) is 6.57. The second-order valence-electron chi connectivity index (χ2n) is 8.01. The molecule has 3 heterocycles. The molecule has 3 aliphatic rings. The van der Waals surface area contributed by atoms with Crippen molar-refractivity contribution in [3.63, 3.8) is 0 Å². The molecule has 0 radical (unpaired) electrons. The molecular weight excluding hydrogens is 360 g/mol. The quantitative estimate of drug-likeness (QED) is 0.588. The summed E-state index contributed by atoms with van der Waals surface area (Å²) < 4.78 is 0. The fourth-order valence-electron chi connectivity index (χ4n) is 5.13. The van der Waals surface area contributed by atoms with Crippen LogP contribution in [0.1, 0.15) is 38.7 Å². The molecule has 1 spiro atoms. The number of fused-ring (bicyclic) bond motifs is 4. The summed E-state index contributed by atoms with van der Waals surface area (Å²) in [7, 11) is 0. The maximum Gasteiger partial charge on any atom is 0.291 e. The van der Waals surface area contributed by atoms with Crippen LogP contribution in [0.2, 0.25) is 0 Å². The summed E-state index contributed by atoms with van der Waals surface area (Å²) >= 11 is 0. The van der Waals surface area contributed by atoms with Crippen molar-refractivity contribution in [1.82, 2.24) is 4.90 Å². The zero-order valence-electron chi connectivity index (χ0n) is 16.0. The molecule has 148 valence electrons. The highest BCUT2D eigenvalue weighted by atomic mass is 16.2. The van der Waals surface area contributed by atoms with Gasteiger partial charge in [-0.25, -0.2) is 0 Å². The van der Waals surface area contributed by atoms with Crippen LogP contribution in [0.3, 0.4) is 0 Å². The largest absolute Gasteiger partial charge is 0.370 e. The number of carbonyl (C=O) groups is 4. The number of carbonyl (C=O) groups excluding carboxylic acids is 4. The van der Waals surface area contributed by atoms with Gasteiger partial charge in [0.25, 0.3) is 5.91 Å². The lowest BCUT2D eigenvalue weighted by Gasteiger charge is -2.28. The van der Waals surface area contributed by atoms with E-state index < -0.39 is 23.3 Å². The minimum atomic E-state index is -1.18. The van der Waals surface area contributed by atoms with Crippen LogP contribution in [-0.4, -0.2) is 40.6 Å². The Morgan fingerprint density at radius 2 is 2.00 bits per heavy atom. The van der Waals surface area contributed by atoms with E-state index in [1.165, 1.54) is 4.90 Å². The average molecular weight is 385 g/mol. The van der Waals surface area contributed by atoms with Crippen molar-refractivity contribution < 1.29 is 24.5 Å². The molecule has 4 amide bonds. The molecule has 0 aliphatic carbocycles. The minimum Gasteiger partial charge on any atom is -0.370 e. The Balaban J connectivity index is 1.83. The molecule has 0 unspecified atom stereocenters. The molecule has 2 saturated heterocycles. The van der Waals surface area contributed by atoms with E-state index in [4.69, 9.17) is 5.73 Å². The molecule has 0 bridgehead atoms. The fourth-order valence-corrected chi connectivity index (χ4v) is 5.13. The van der Waals surface area contributed by atoms with Crippen molar-refractivity contribution in [1.29, 1.82) is 0 Å². The van der Waals surface area contributed by atoms with E-state index in [1.54, 1.807) is 6.07 Å². The highest BCUT2D eigenvalue weighted by molar-refractivity contribution is 6.14. The fraction of sp³-hybridized carbons (Fsp3) is 0.500. The number of para-hydroxylation sites is 1.